The summed E-state index contributed by atoms with van der Waals surface area (Å²) in [4.78, 5) is 24.7. The van der Waals surface area contributed by atoms with Crippen molar-refractivity contribution in [3.8, 4) is 0 Å². The SMILES string of the molecule is CCC(C)C(=O)OC1C(OC(C)(CCC=C(C)C)C2CC=C(C)CC2)OC(C)C(O)C1OC(C)=O. The Labute approximate surface area is 211 Å². The summed E-state index contributed by atoms with van der Waals surface area (Å²) < 4.78 is 24.1. The van der Waals surface area contributed by atoms with Crippen molar-refractivity contribution in [2.45, 2.75) is 130 Å². The van der Waals surface area contributed by atoms with Gasteiger partial charge in [-0.1, -0.05) is 37.1 Å². The Hall–Kier alpha value is -1.70. The highest BCUT2D eigenvalue weighted by Crippen LogP contribution is 2.41. The second kappa shape index (κ2) is 13.0. The highest BCUT2D eigenvalue weighted by atomic mass is 16.7. The van der Waals surface area contributed by atoms with Gasteiger partial charge < -0.3 is 24.1 Å². The van der Waals surface area contributed by atoms with E-state index in [2.05, 4.69) is 39.8 Å². The van der Waals surface area contributed by atoms with E-state index in [-0.39, 0.29) is 11.8 Å². The van der Waals surface area contributed by atoms with E-state index in [4.69, 9.17) is 18.9 Å². The molecule has 0 amide bonds. The molecule has 1 fully saturated rings. The molecule has 2 rings (SSSR count). The molecule has 0 spiro atoms. The van der Waals surface area contributed by atoms with E-state index in [1.165, 1.54) is 18.1 Å². The normalized spacial score (nSPS) is 31.5. The summed E-state index contributed by atoms with van der Waals surface area (Å²) in [5, 5.41) is 10.8. The minimum atomic E-state index is -1.15. The number of rotatable bonds is 10. The number of ether oxygens (including phenoxy) is 4. The molecule has 200 valence electrons. The third kappa shape index (κ3) is 8.16. The molecular weight excluding hydrogens is 448 g/mol. The molecule has 0 aromatic carbocycles. The zero-order valence-electron chi connectivity index (χ0n) is 22.8. The van der Waals surface area contributed by atoms with Crippen LogP contribution in [0.2, 0.25) is 0 Å². The van der Waals surface area contributed by atoms with Gasteiger partial charge in [-0.15, -0.1) is 0 Å². The Balaban J connectivity index is 2.40. The maximum absolute atomic E-state index is 12.8. The molecule has 8 unspecified atom stereocenters. The van der Waals surface area contributed by atoms with Gasteiger partial charge in [0.2, 0.25) is 0 Å². The molecule has 7 nitrogen and oxygen atoms in total. The lowest BCUT2D eigenvalue weighted by atomic mass is 9.76. The molecule has 1 aliphatic carbocycles. The average molecular weight is 495 g/mol. The first-order chi connectivity index (χ1) is 16.4. The van der Waals surface area contributed by atoms with Crippen LogP contribution in [0.3, 0.4) is 0 Å². The highest BCUT2D eigenvalue weighted by Gasteiger charge is 2.51. The maximum Gasteiger partial charge on any atom is 0.309 e. The summed E-state index contributed by atoms with van der Waals surface area (Å²) in [5.74, 6) is -1.09. The van der Waals surface area contributed by atoms with Crippen LogP contribution in [0, 0.1) is 11.8 Å². The predicted octanol–water partition coefficient (Wildman–Crippen LogP) is 5.25. The van der Waals surface area contributed by atoms with Crippen molar-refractivity contribution >= 4 is 11.9 Å². The number of carbonyl (C=O) groups excluding carboxylic acids is 2. The lowest BCUT2D eigenvalue weighted by Gasteiger charge is -2.47. The zero-order valence-corrected chi connectivity index (χ0v) is 22.8. The van der Waals surface area contributed by atoms with Crippen molar-refractivity contribution in [3.63, 3.8) is 0 Å². The molecule has 35 heavy (non-hydrogen) atoms. The second-order valence-corrected chi connectivity index (χ2v) is 10.8. The van der Waals surface area contributed by atoms with Gasteiger partial charge in [-0.25, -0.2) is 0 Å². The molecule has 0 aromatic rings. The van der Waals surface area contributed by atoms with E-state index in [9.17, 15) is 14.7 Å². The monoisotopic (exact) mass is 494 g/mol. The van der Waals surface area contributed by atoms with Crippen LogP contribution >= 0.6 is 0 Å². The largest absolute Gasteiger partial charge is 0.455 e. The highest BCUT2D eigenvalue weighted by molar-refractivity contribution is 5.72. The molecule has 0 aromatic heterocycles. The summed E-state index contributed by atoms with van der Waals surface area (Å²) in [7, 11) is 0. The molecule has 1 heterocycles. The van der Waals surface area contributed by atoms with E-state index in [1.807, 2.05) is 6.92 Å². The summed E-state index contributed by atoms with van der Waals surface area (Å²) in [6, 6.07) is 0. The lowest BCUT2D eigenvalue weighted by Crippen LogP contribution is -2.62. The third-order valence-corrected chi connectivity index (χ3v) is 7.41. The van der Waals surface area contributed by atoms with E-state index in [1.54, 1.807) is 13.8 Å². The van der Waals surface area contributed by atoms with E-state index < -0.39 is 48.2 Å². The van der Waals surface area contributed by atoms with Gasteiger partial charge in [-0.2, -0.15) is 0 Å². The quantitative estimate of drug-likeness (QED) is 0.328. The van der Waals surface area contributed by atoms with Crippen molar-refractivity contribution in [1.29, 1.82) is 0 Å². The average Bonchev–Trinajstić information content (AvgIpc) is 2.78. The second-order valence-electron chi connectivity index (χ2n) is 10.8. The summed E-state index contributed by atoms with van der Waals surface area (Å²) >= 11 is 0. The fourth-order valence-corrected chi connectivity index (χ4v) is 4.74. The van der Waals surface area contributed by atoms with Crippen molar-refractivity contribution in [1.82, 2.24) is 0 Å². The molecule has 7 heteroatoms. The number of aliphatic hydroxyl groups is 1. The van der Waals surface area contributed by atoms with Gasteiger partial charge in [0.25, 0.3) is 0 Å². The van der Waals surface area contributed by atoms with Crippen LogP contribution < -0.4 is 0 Å². The number of hydrogen-bond acceptors (Lipinski definition) is 7. The van der Waals surface area contributed by atoms with Gasteiger partial charge in [-0.05, 0) is 79.1 Å². The van der Waals surface area contributed by atoms with Gasteiger partial charge in [-0.3, -0.25) is 9.59 Å². The number of aliphatic hydroxyl groups excluding tert-OH is 1. The van der Waals surface area contributed by atoms with Gasteiger partial charge in [0.05, 0.1) is 17.6 Å². The molecule has 0 saturated carbocycles. The molecule has 2 aliphatic rings. The van der Waals surface area contributed by atoms with Gasteiger partial charge in [0.1, 0.15) is 6.10 Å². The van der Waals surface area contributed by atoms with Crippen LogP contribution in [-0.4, -0.2) is 53.4 Å². The van der Waals surface area contributed by atoms with E-state index in [0.29, 0.717) is 6.42 Å². The smallest absolute Gasteiger partial charge is 0.309 e. The first-order valence-corrected chi connectivity index (χ1v) is 13.1. The molecule has 1 aliphatic heterocycles. The standard InChI is InChI=1S/C28H46O7/c1-9-19(5)26(31)34-25-24(33-21(7)29)23(30)20(6)32-27(25)35-28(8,16-10-11-17(2)3)22-14-12-18(4)13-15-22/h11-12,19-20,22-25,27,30H,9-10,13-16H2,1-8H3. The van der Waals surface area contributed by atoms with Crippen molar-refractivity contribution in [2.24, 2.45) is 11.8 Å². The number of esters is 2. The minimum Gasteiger partial charge on any atom is -0.455 e. The number of hydrogen-bond donors (Lipinski definition) is 1. The fraction of sp³-hybridized carbons (Fsp3) is 0.786. The van der Waals surface area contributed by atoms with Gasteiger partial charge >= 0.3 is 11.9 Å². The van der Waals surface area contributed by atoms with Crippen LogP contribution in [0.4, 0.5) is 0 Å². The van der Waals surface area contributed by atoms with Crippen LogP contribution in [0.5, 0.6) is 0 Å². The third-order valence-electron chi connectivity index (χ3n) is 7.41. The van der Waals surface area contributed by atoms with Crippen LogP contribution in [-0.2, 0) is 28.5 Å². The Morgan fingerprint density at radius 1 is 1.26 bits per heavy atom. The van der Waals surface area contributed by atoms with Crippen LogP contribution in [0.15, 0.2) is 23.3 Å². The molecule has 0 bridgehead atoms. The number of carbonyl (C=O) groups is 2. The Morgan fingerprint density at radius 3 is 2.49 bits per heavy atom. The Kier molecular flexibility index (Phi) is 11.0. The maximum atomic E-state index is 12.8. The molecule has 1 N–H and O–H groups in total. The Bertz CT molecular complexity index is 784. The van der Waals surface area contributed by atoms with Crippen molar-refractivity contribution < 1.29 is 33.6 Å². The predicted molar refractivity (Wildman–Crippen MR) is 134 cm³/mol. The molecule has 8 atom stereocenters. The van der Waals surface area contributed by atoms with Gasteiger partial charge in [0, 0.05) is 6.92 Å². The zero-order chi connectivity index (χ0) is 26.3. The van der Waals surface area contributed by atoms with Crippen LogP contribution in [0.25, 0.3) is 0 Å². The number of allylic oxidation sites excluding steroid dienone is 4. The topological polar surface area (TPSA) is 91.3 Å². The van der Waals surface area contributed by atoms with Gasteiger partial charge in [0.15, 0.2) is 18.5 Å². The summed E-state index contributed by atoms with van der Waals surface area (Å²) in [6.45, 7) is 15.1. The van der Waals surface area contributed by atoms with Crippen molar-refractivity contribution in [3.05, 3.63) is 23.3 Å². The Morgan fingerprint density at radius 2 is 1.94 bits per heavy atom. The minimum absolute atomic E-state index is 0.251. The molecular formula is C28H46O7. The lowest BCUT2D eigenvalue weighted by molar-refractivity contribution is -0.329. The van der Waals surface area contributed by atoms with E-state index >= 15 is 0 Å². The molecule has 0 radical (unpaired) electrons. The van der Waals surface area contributed by atoms with Crippen LogP contribution in [0.1, 0.15) is 93.9 Å². The fourth-order valence-electron chi connectivity index (χ4n) is 4.74. The molecule has 1 saturated heterocycles. The first kappa shape index (κ1) is 29.5. The first-order valence-electron chi connectivity index (χ1n) is 13.1. The summed E-state index contributed by atoms with van der Waals surface area (Å²) in [6.07, 6.45) is 4.62. The van der Waals surface area contributed by atoms with Crippen molar-refractivity contribution in [2.75, 3.05) is 0 Å². The summed E-state index contributed by atoms with van der Waals surface area (Å²) in [5.41, 5.74) is 2.05. The van der Waals surface area contributed by atoms with E-state index in [0.717, 1.165) is 32.1 Å².